The van der Waals surface area contributed by atoms with Gasteiger partial charge in [0, 0.05) is 30.8 Å². The summed E-state index contributed by atoms with van der Waals surface area (Å²) in [4.78, 5) is 25.6. The highest BCUT2D eigenvalue weighted by Gasteiger charge is 2.35. The molecule has 11 nitrogen and oxygen atoms in total. The summed E-state index contributed by atoms with van der Waals surface area (Å²) in [5.41, 5.74) is 9.37. The molecule has 12 heteroatoms. The fourth-order valence-electron chi connectivity index (χ4n) is 5.04. The summed E-state index contributed by atoms with van der Waals surface area (Å²) in [6.07, 6.45) is 0.735. The van der Waals surface area contributed by atoms with E-state index in [1.807, 2.05) is 32.9 Å². The molecule has 4 rings (SSSR count). The third-order valence-electron chi connectivity index (χ3n) is 6.61. The van der Waals surface area contributed by atoms with E-state index in [0.717, 1.165) is 36.7 Å². The molecule has 2 aromatic carbocycles. The number of amidine groups is 1. The molecule has 2 aromatic rings. The predicted molar refractivity (Wildman–Crippen MR) is 149 cm³/mol. The number of hydrogen-bond acceptors (Lipinski definition) is 7. The average molecular weight is 560 g/mol. The first kappa shape index (κ1) is 30.1. The molecule has 0 aliphatic carbocycles. The number of benzene rings is 2. The SMILES string of the molecule is CC(=O)O.Cc1cc(C)c(S(=O)(=O)NC2CCN(CC3CN(c4ccc(C(=N)N)cc4)C(=O)O3)CC2)c(C)c1. The molecular weight excluding hydrogens is 522 g/mol. The number of rotatable bonds is 7. The van der Waals surface area contributed by atoms with E-state index >= 15 is 0 Å². The minimum atomic E-state index is -3.60. The number of piperidine rings is 1. The quantitative estimate of drug-likeness (QED) is 0.297. The lowest BCUT2D eigenvalue weighted by molar-refractivity contribution is -0.134. The Kier molecular flexibility index (Phi) is 9.70. The summed E-state index contributed by atoms with van der Waals surface area (Å²) in [5.74, 6) is -0.853. The number of aryl methyl sites for hydroxylation is 3. The zero-order chi connectivity index (χ0) is 28.9. The summed E-state index contributed by atoms with van der Waals surface area (Å²) in [5, 5.41) is 14.9. The van der Waals surface area contributed by atoms with Gasteiger partial charge < -0.3 is 15.6 Å². The number of nitrogen functional groups attached to an aromatic ring is 1. The van der Waals surface area contributed by atoms with E-state index in [0.29, 0.717) is 42.1 Å². The number of likely N-dealkylation sites (tertiary alicyclic amines) is 1. The van der Waals surface area contributed by atoms with Crippen molar-refractivity contribution in [2.75, 3.05) is 31.1 Å². The second kappa shape index (κ2) is 12.6. The van der Waals surface area contributed by atoms with Gasteiger partial charge in [0.1, 0.15) is 11.9 Å². The third-order valence-corrected chi connectivity index (χ3v) is 8.43. The molecule has 2 fully saturated rings. The maximum Gasteiger partial charge on any atom is 0.414 e. The molecule has 39 heavy (non-hydrogen) atoms. The number of ether oxygens (including phenoxy) is 1. The van der Waals surface area contributed by atoms with Crippen LogP contribution in [0.15, 0.2) is 41.3 Å². The molecule has 1 atom stereocenters. The molecule has 2 saturated heterocycles. The van der Waals surface area contributed by atoms with E-state index in [2.05, 4.69) is 9.62 Å². The van der Waals surface area contributed by atoms with Crippen LogP contribution in [-0.2, 0) is 19.6 Å². The second-order valence-electron chi connectivity index (χ2n) is 10.0. The Balaban J connectivity index is 0.000000983. The van der Waals surface area contributed by atoms with Crippen molar-refractivity contribution >= 4 is 33.6 Å². The van der Waals surface area contributed by atoms with E-state index in [1.165, 1.54) is 0 Å². The van der Waals surface area contributed by atoms with Gasteiger partial charge in [0.2, 0.25) is 10.0 Å². The lowest BCUT2D eigenvalue weighted by Gasteiger charge is -2.33. The number of cyclic esters (lactones) is 1. The molecule has 0 spiro atoms. The highest BCUT2D eigenvalue weighted by molar-refractivity contribution is 7.89. The molecule has 2 aliphatic heterocycles. The van der Waals surface area contributed by atoms with Crippen molar-refractivity contribution in [1.82, 2.24) is 9.62 Å². The van der Waals surface area contributed by atoms with Gasteiger partial charge in [-0.05, 0) is 82.1 Å². The highest BCUT2D eigenvalue weighted by atomic mass is 32.2. The van der Waals surface area contributed by atoms with Crippen LogP contribution in [-0.4, -0.2) is 74.6 Å². The van der Waals surface area contributed by atoms with Crippen LogP contribution in [0.2, 0.25) is 0 Å². The number of carboxylic acids is 1. The molecule has 0 radical (unpaired) electrons. The van der Waals surface area contributed by atoms with Crippen molar-refractivity contribution in [3.8, 4) is 0 Å². The smallest absolute Gasteiger partial charge is 0.414 e. The van der Waals surface area contributed by atoms with Crippen LogP contribution in [0.5, 0.6) is 0 Å². The fourth-order valence-corrected chi connectivity index (χ4v) is 6.80. The summed E-state index contributed by atoms with van der Waals surface area (Å²) in [7, 11) is -3.60. The van der Waals surface area contributed by atoms with Gasteiger partial charge >= 0.3 is 6.09 Å². The minimum absolute atomic E-state index is 0.0201. The molecule has 1 amide bonds. The Labute approximate surface area is 229 Å². The lowest BCUT2D eigenvalue weighted by Crippen LogP contribution is -2.47. The van der Waals surface area contributed by atoms with E-state index in [9.17, 15) is 13.2 Å². The first-order valence-corrected chi connectivity index (χ1v) is 14.2. The first-order chi connectivity index (χ1) is 18.3. The number of nitrogens with zero attached hydrogens (tertiary/aromatic N) is 2. The molecule has 2 heterocycles. The van der Waals surface area contributed by atoms with Gasteiger partial charge in [0.05, 0.1) is 11.4 Å². The fraction of sp³-hybridized carbons (Fsp3) is 0.444. The largest absolute Gasteiger partial charge is 0.481 e. The van der Waals surface area contributed by atoms with Crippen LogP contribution in [0.3, 0.4) is 0 Å². The Morgan fingerprint density at radius 3 is 2.18 bits per heavy atom. The van der Waals surface area contributed by atoms with Gasteiger partial charge in [-0.15, -0.1) is 0 Å². The summed E-state index contributed by atoms with van der Waals surface area (Å²) < 4.78 is 34.6. The van der Waals surface area contributed by atoms with Crippen molar-refractivity contribution in [2.45, 2.75) is 57.6 Å². The average Bonchev–Trinajstić information content (AvgIpc) is 3.18. The van der Waals surface area contributed by atoms with Gasteiger partial charge in [0.25, 0.3) is 5.97 Å². The Morgan fingerprint density at radius 1 is 1.13 bits per heavy atom. The molecule has 0 saturated carbocycles. The van der Waals surface area contributed by atoms with Gasteiger partial charge in [-0.3, -0.25) is 20.0 Å². The van der Waals surface area contributed by atoms with Crippen molar-refractivity contribution < 1.29 is 27.9 Å². The monoisotopic (exact) mass is 559 g/mol. The zero-order valence-electron chi connectivity index (χ0n) is 22.7. The van der Waals surface area contributed by atoms with E-state index in [-0.39, 0.29) is 18.0 Å². The minimum Gasteiger partial charge on any atom is -0.481 e. The number of nitrogens with two attached hydrogens (primary N) is 1. The van der Waals surface area contributed by atoms with E-state index in [1.54, 1.807) is 29.2 Å². The summed E-state index contributed by atoms with van der Waals surface area (Å²) in [6.45, 7) is 9.20. The molecular formula is C27H37N5O6S. The highest BCUT2D eigenvalue weighted by Crippen LogP contribution is 2.25. The van der Waals surface area contributed by atoms with Crippen LogP contribution in [0, 0.1) is 26.2 Å². The Bertz CT molecular complexity index is 1290. The van der Waals surface area contributed by atoms with Crippen LogP contribution < -0.4 is 15.4 Å². The number of hydrogen-bond donors (Lipinski definition) is 4. The molecule has 2 aliphatic rings. The Hall–Kier alpha value is -3.48. The van der Waals surface area contributed by atoms with E-state index < -0.39 is 22.1 Å². The van der Waals surface area contributed by atoms with Gasteiger partial charge in [-0.1, -0.05) is 17.7 Å². The number of nitrogens with one attached hydrogen (secondary N) is 2. The Morgan fingerprint density at radius 2 is 1.67 bits per heavy atom. The molecule has 212 valence electrons. The number of sulfonamides is 1. The molecule has 0 bridgehead atoms. The third kappa shape index (κ3) is 8.01. The molecule has 5 N–H and O–H groups in total. The van der Waals surface area contributed by atoms with Gasteiger partial charge in [-0.25, -0.2) is 17.9 Å². The van der Waals surface area contributed by atoms with Crippen LogP contribution >= 0.6 is 0 Å². The predicted octanol–water partition coefficient (Wildman–Crippen LogP) is 2.75. The van der Waals surface area contributed by atoms with Gasteiger partial charge in [0.15, 0.2) is 0 Å². The normalized spacial score (nSPS) is 18.3. The first-order valence-electron chi connectivity index (χ1n) is 12.7. The standard InChI is InChI=1S/C25H33N5O4S.C2H4O2/c1-16-12-17(2)23(18(3)13-16)35(32,33)28-20-8-10-29(11-9-20)14-22-15-30(25(31)34-22)21-6-4-19(5-7-21)24(26)27;1-2(3)4/h4-7,12-13,20,22,28H,8-11,14-15H2,1-3H3,(H3,26,27);1H3,(H,3,4). The van der Waals surface area contributed by atoms with Crippen molar-refractivity contribution in [3.05, 3.63) is 58.7 Å². The molecule has 1 unspecified atom stereocenters. The molecule has 0 aromatic heterocycles. The maximum atomic E-state index is 13.1. The van der Waals surface area contributed by atoms with Crippen molar-refractivity contribution in [1.29, 1.82) is 5.41 Å². The number of carbonyl (C=O) groups excluding carboxylic acids is 1. The summed E-state index contributed by atoms with van der Waals surface area (Å²) >= 11 is 0. The number of carbonyl (C=O) groups is 2. The van der Waals surface area contributed by atoms with Crippen LogP contribution in [0.25, 0.3) is 0 Å². The summed E-state index contributed by atoms with van der Waals surface area (Å²) in [6, 6.07) is 10.6. The van der Waals surface area contributed by atoms with Crippen LogP contribution in [0.4, 0.5) is 10.5 Å². The number of aliphatic carboxylic acids is 1. The number of amides is 1. The number of carboxylic acid groups (broad SMARTS) is 1. The lowest BCUT2D eigenvalue weighted by atomic mass is 10.1. The van der Waals surface area contributed by atoms with Gasteiger partial charge in [-0.2, -0.15) is 0 Å². The van der Waals surface area contributed by atoms with E-state index in [4.69, 9.17) is 25.8 Å². The van der Waals surface area contributed by atoms with Crippen molar-refractivity contribution in [2.24, 2.45) is 5.73 Å². The topological polar surface area (TPSA) is 166 Å². The second-order valence-corrected chi connectivity index (χ2v) is 11.7. The maximum absolute atomic E-state index is 13.1. The van der Waals surface area contributed by atoms with Crippen molar-refractivity contribution in [3.63, 3.8) is 0 Å². The zero-order valence-corrected chi connectivity index (χ0v) is 23.5. The number of anilines is 1. The van der Waals surface area contributed by atoms with Crippen LogP contribution in [0.1, 0.15) is 42.0 Å².